The molecule has 4 heteroatoms. The van der Waals surface area contributed by atoms with Crippen LogP contribution in [0.1, 0.15) is 0 Å². The maximum absolute atomic E-state index is 12.8. The Kier molecular flexibility index (Phi) is 2.44. The van der Waals surface area contributed by atoms with E-state index in [0.29, 0.717) is 0 Å². The topological polar surface area (TPSA) is 17.3 Å². The van der Waals surface area contributed by atoms with Gasteiger partial charge in [0.05, 0.1) is 10.2 Å². The van der Waals surface area contributed by atoms with Crippen LogP contribution >= 0.6 is 15.9 Å². The molecule has 0 aliphatic heterocycles. The van der Waals surface area contributed by atoms with Crippen molar-refractivity contribution in [2.75, 3.05) is 0 Å². The third-order valence-electron chi connectivity index (χ3n) is 2.58. The third-order valence-corrected chi connectivity index (χ3v) is 3.19. The van der Waals surface area contributed by atoms with Crippen molar-refractivity contribution < 1.29 is 4.39 Å². The van der Waals surface area contributed by atoms with Gasteiger partial charge in [0, 0.05) is 18.0 Å². The number of imidazole rings is 1. The summed E-state index contributed by atoms with van der Waals surface area (Å²) < 4.78 is 15.7. The van der Waals surface area contributed by atoms with E-state index in [2.05, 4.69) is 20.9 Å². The van der Waals surface area contributed by atoms with E-state index in [0.717, 1.165) is 21.4 Å². The molecule has 3 aromatic rings. The lowest BCUT2D eigenvalue weighted by molar-refractivity contribution is 0.628. The van der Waals surface area contributed by atoms with E-state index in [4.69, 9.17) is 0 Å². The highest BCUT2D eigenvalue weighted by Crippen LogP contribution is 2.23. The Hall–Kier alpha value is -1.68. The minimum Gasteiger partial charge on any atom is -0.306 e. The molecule has 0 fully saturated rings. The highest BCUT2D eigenvalue weighted by Gasteiger charge is 2.06. The van der Waals surface area contributed by atoms with Gasteiger partial charge in [-0.15, -0.1) is 0 Å². The summed E-state index contributed by atoms with van der Waals surface area (Å²) in [7, 11) is 0. The van der Waals surface area contributed by atoms with E-state index in [1.807, 2.05) is 28.9 Å². The fraction of sp³-hybridized carbons (Fsp3) is 0. The molecular formula is C13H8BrFN2. The molecule has 0 aliphatic carbocycles. The summed E-state index contributed by atoms with van der Waals surface area (Å²) in [6, 6.07) is 10.2. The summed E-state index contributed by atoms with van der Waals surface area (Å²) in [6.07, 6.45) is 3.85. The second-order valence-electron chi connectivity index (χ2n) is 3.72. The first-order chi connectivity index (χ1) is 8.24. The molecule has 0 amide bonds. The van der Waals surface area contributed by atoms with Crippen LogP contribution in [0.4, 0.5) is 4.39 Å². The maximum atomic E-state index is 12.8. The Morgan fingerprint density at radius 1 is 1.12 bits per heavy atom. The van der Waals surface area contributed by atoms with Gasteiger partial charge in [0.1, 0.15) is 5.82 Å². The molecule has 2 nitrogen and oxygen atoms in total. The second-order valence-corrected chi connectivity index (χ2v) is 4.57. The first-order valence-electron chi connectivity index (χ1n) is 5.13. The molecule has 0 radical (unpaired) electrons. The van der Waals surface area contributed by atoms with Gasteiger partial charge in [-0.05, 0) is 52.3 Å². The van der Waals surface area contributed by atoms with Gasteiger partial charge in [0.25, 0.3) is 0 Å². The van der Waals surface area contributed by atoms with Crippen molar-refractivity contribution in [3.63, 3.8) is 0 Å². The molecule has 84 valence electrons. The minimum absolute atomic E-state index is 0.237. The van der Waals surface area contributed by atoms with Gasteiger partial charge < -0.3 is 4.40 Å². The van der Waals surface area contributed by atoms with Crippen molar-refractivity contribution in [3.05, 3.63) is 59.1 Å². The maximum Gasteiger partial charge on any atom is 0.151 e. The summed E-state index contributed by atoms with van der Waals surface area (Å²) >= 11 is 3.45. The molecule has 0 bridgehead atoms. The van der Waals surface area contributed by atoms with Crippen LogP contribution in [0, 0.1) is 5.82 Å². The average molecular weight is 291 g/mol. The van der Waals surface area contributed by atoms with Crippen LogP contribution in [-0.4, -0.2) is 9.38 Å². The van der Waals surface area contributed by atoms with Crippen LogP contribution in [0.25, 0.3) is 16.9 Å². The molecule has 17 heavy (non-hydrogen) atoms. The molecule has 0 aliphatic rings. The minimum atomic E-state index is -0.237. The quantitative estimate of drug-likeness (QED) is 0.664. The lowest BCUT2D eigenvalue weighted by Crippen LogP contribution is -1.80. The number of fused-ring (bicyclic) bond motifs is 1. The molecule has 3 rings (SSSR count). The number of aromatic nitrogens is 2. The van der Waals surface area contributed by atoms with Crippen LogP contribution in [-0.2, 0) is 0 Å². The molecule has 0 unspecified atom stereocenters. The fourth-order valence-electron chi connectivity index (χ4n) is 1.74. The highest BCUT2D eigenvalue weighted by molar-refractivity contribution is 9.10. The molecule has 0 atom stereocenters. The first-order valence-corrected chi connectivity index (χ1v) is 5.92. The zero-order valence-electron chi connectivity index (χ0n) is 8.77. The van der Waals surface area contributed by atoms with Crippen LogP contribution in [0.3, 0.4) is 0 Å². The lowest BCUT2D eigenvalue weighted by Gasteiger charge is -1.94. The third kappa shape index (κ3) is 1.85. The zero-order chi connectivity index (χ0) is 11.8. The van der Waals surface area contributed by atoms with Crippen molar-refractivity contribution in [1.82, 2.24) is 9.38 Å². The van der Waals surface area contributed by atoms with Crippen LogP contribution in [0.2, 0.25) is 0 Å². The summed E-state index contributed by atoms with van der Waals surface area (Å²) in [5.74, 6) is -0.237. The molecular weight excluding hydrogens is 283 g/mol. The Labute approximate surface area is 106 Å². The number of rotatable bonds is 1. The van der Waals surface area contributed by atoms with Crippen molar-refractivity contribution in [2.45, 2.75) is 0 Å². The monoisotopic (exact) mass is 290 g/mol. The molecule has 1 aromatic carbocycles. The Bertz CT molecular complexity index is 673. The number of nitrogens with zero attached hydrogens (tertiary/aromatic N) is 2. The summed E-state index contributed by atoms with van der Waals surface area (Å²) in [6.45, 7) is 0. The Morgan fingerprint density at radius 2 is 1.88 bits per heavy atom. The molecule has 0 saturated carbocycles. The zero-order valence-corrected chi connectivity index (χ0v) is 10.4. The molecule has 0 N–H and O–H groups in total. The van der Waals surface area contributed by atoms with Gasteiger partial charge in [-0.25, -0.2) is 9.37 Å². The van der Waals surface area contributed by atoms with E-state index in [1.54, 1.807) is 12.1 Å². The SMILES string of the molecule is Fc1ccc(-c2cn3cccc(Br)c3n2)cc1. The van der Waals surface area contributed by atoms with E-state index >= 15 is 0 Å². The van der Waals surface area contributed by atoms with Gasteiger partial charge in [-0.2, -0.15) is 0 Å². The number of hydrogen-bond acceptors (Lipinski definition) is 1. The number of hydrogen-bond donors (Lipinski definition) is 0. The fourth-order valence-corrected chi connectivity index (χ4v) is 2.18. The molecule has 2 heterocycles. The summed E-state index contributed by atoms with van der Waals surface area (Å²) in [4.78, 5) is 4.51. The predicted octanol–water partition coefficient (Wildman–Crippen LogP) is 3.90. The van der Waals surface area contributed by atoms with Crippen molar-refractivity contribution in [1.29, 1.82) is 0 Å². The van der Waals surface area contributed by atoms with Crippen LogP contribution < -0.4 is 0 Å². The normalized spacial score (nSPS) is 10.9. The highest BCUT2D eigenvalue weighted by atomic mass is 79.9. The summed E-state index contributed by atoms with van der Waals surface area (Å²) in [5, 5.41) is 0. The van der Waals surface area contributed by atoms with Gasteiger partial charge >= 0.3 is 0 Å². The average Bonchev–Trinajstić information content (AvgIpc) is 2.75. The van der Waals surface area contributed by atoms with E-state index < -0.39 is 0 Å². The second kappa shape index (κ2) is 3.96. The van der Waals surface area contributed by atoms with E-state index in [1.165, 1.54) is 12.1 Å². The predicted molar refractivity (Wildman–Crippen MR) is 68.3 cm³/mol. The number of benzene rings is 1. The number of halogens is 2. The Morgan fingerprint density at radius 3 is 2.59 bits per heavy atom. The summed E-state index contributed by atoms with van der Waals surface area (Å²) in [5.41, 5.74) is 2.59. The first kappa shape index (κ1) is 10.5. The lowest BCUT2D eigenvalue weighted by atomic mass is 10.2. The number of pyridine rings is 1. The van der Waals surface area contributed by atoms with Gasteiger partial charge in [-0.1, -0.05) is 0 Å². The van der Waals surface area contributed by atoms with Crippen molar-refractivity contribution >= 4 is 21.6 Å². The van der Waals surface area contributed by atoms with Gasteiger partial charge in [0.2, 0.25) is 0 Å². The Balaban J connectivity index is 2.18. The van der Waals surface area contributed by atoms with Gasteiger partial charge in [-0.3, -0.25) is 0 Å². The smallest absolute Gasteiger partial charge is 0.151 e. The van der Waals surface area contributed by atoms with Crippen LogP contribution in [0.15, 0.2) is 53.3 Å². The molecule has 0 saturated heterocycles. The van der Waals surface area contributed by atoms with E-state index in [-0.39, 0.29) is 5.82 Å². The standard InChI is InChI=1S/C13H8BrFN2/c14-11-2-1-7-17-8-12(16-13(11)17)9-3-5-10(15)6-4-9/h1-8H. The van der Waals surface area contributed by atoms with Crippen molar-refractivity contribution in [2.24, 2.45) is 0 Å². The van der Waals surface area contributed by atoms with Gasteiger partial charge in [0.15, 0.2) is 5.65 Å². The van der Waals surface area contributed by atoms with Crippen molar-refractivity contribution in [3.8, 4) is 11.3 Å². The van der Waals surface area contributed by atoms with Crippen LogP contribution in [0.5, 0.6) is 0 Å². The molecule has 0 spiro atoms. The largest absolute Gasteiger partial charge is 0.306 e. The van der Waals surface area contributed by atoms with E-state index in [9.17, 15) is 4.39 Å². The molecule has 2 aromatic heterocycles.